The summed E-state index contributed by atoms with van der Waals surface area (Å²) < 4.78 is 1.91. The molecule has 5 nitrogen and oxygen atoms in total. The third-order valence-corrected chi connectivity index (χ3v) is 5.06. The number of pyridine rings is 1. The molecule has 0 spiro atoms. The Balaban J connectivity index is 1.59. The van der Waals surface area contributed by atoms with Gasteiger partial charge in [-0.15, -0.1) is 10.2 Å². The van der Waals surface area contributed by atoms with Crippen LogP contribution < -0.4 is 0 Å². The molecule has 1 aliphatic rings. The molecule has 3 rings (SSSR count). The summed E-state index contributed by atoms with van der Waals surface area (Å²) in [7, 11) is 0. The molecule has 2 aromatic rings. The number of carbonyl (C=O) groups is 1. The topological polar surface area (TPSA) is 50.5 Å². The fraction of sp³-hybridized carbons (Fsp3) is 0.471. The van der Waals surface area contributed by atoms with Crippen molar-refractivity contribution in [3.8, 4) is 0 Å². The molecule has 1 amide bonds. The van der Waals surface area contributed by atoms with Crippen molar-refractivity contribution in [2.75, 3.05) is 18.8 Å². The summed E-state index contributed by atoms with van der Waals surface area (Å²) in [5.41, 5.74) is 2.44. The summed E-state index contributed by atoms with van der Waals surface area (Å²) >= 11 is 1.44. The zero-order valence-electron chi connectivity index (χ0n) is 13.8. The van der Waals surface area contributed by atoms with Crippen LogP contribution in [0.4, 0.5) is 0 Å². The predicted octanol–water partition coefficient (Wildman–Crippen LogP) is 3.03. The van der Waals surface area contributed by atoms with Crippen molar-refractivity contribution in [1.82, 2.24) is 19.5 Å². The second kappa shape index (κ2) is 6.35. The van der Waals surface area contributed by atoms with E-state index in [9.17, 15) is 4.79 Å². The van der Waals surface area contributed by atoms with Crippen LogP contribution in [0, 0.1) is 5.41 Å². The van der Waals surface area contributed by atoms with Crippen molar-refractivity contribution in [2.24, 2.45) is 5.41 Å². The van der Waals surface area contributed by atoms with Gasteiger partial charge in [0.15, 0.2) is 10.8 Å². The third-order valence-electron chi connectivity index (χ3n) is 4.13. The lowest BCUT2D eigenvalue weighted by Gasteiger charge is -2.32. The van der Waals surface area contributed by atoms with E-state index in [1.807, 2.05) is 33.7 Å². The Hall–Kier alpha value is -1.82. The third kappa shape index (κ3) is 3.58. The molecule has 122 valence electrons. The van der Waals surface area contributed by atoms with Crippen LogP contribution in [0.1, 0.15) is 27.2 Å². The van der Waals surface area contributed by atoms with Gasteiger partial charge in [-0.3, -0.25) is 9.20 Å². The van der Waals surface area contributed by atoms with Gasteiger partial charge in [-0.2, -0.15) is 0 Å². The first-order valence-corrected chi connectivity index (χ1v) is 8.83. The van der Waals surface area contributed by atoms with E-state index in [-0.39, 0.29) is 11.3 Å². The Bertz CT molecular complexity index is 744. The molecular weight excluding hydrogens is 308 g/mol. The number of aromatic nitrogens is 3. The summed E-state index contributed by atoms with van der Waals surface area (Å²) in [6.45, 7) is 8.20. The molecule has 0 fully saturated rings. The van der Waals surface area contributed by atoms with Gasteiger partial charge in [0.2, 0.25) is 5.91 Å². The second-order valence-corrected chi connectivity index (χ2v) is 7.71. The molecule has 0 atom stereocenters. The van der Waals surface area contributed by atoms with Crippen molar-refractivity contribution >= 4 is 23.3 Å². The van der Waals surface area contributed by atoms with E-state index in [1.54, 1.807) is 0 Å². The molecule has 0 radical (unpaired) electrons. The van der Waals surface area contributed by atoms with Crippen LogP contribution in [0.2, 0.25) is 0 Å². The standard InChI is InChI=1S/C17H22N4OS/c1-17(2,3)13-7-10-20(11-8-13)15(22)12-23-16-19-18-14-6-4-5-9-21(14)16/h4-7,9H,8,10-12H2,1-3H3. The van der Waals surface area contributed by atoms with Gasteiger partial charge in [0, 0.05) is 19.3 Å². The van der Waals surface area contributed by atoms with E-state index in [2.05, 4.69) is 37.0 Å². The minimum Gasteiger partial charge on any atom is -0.338 e. The highest BCUT2D eigenvalue weighted by Gasteiger charge is 2.23. The number of fused-ring (bicyclic) bond motifs is 1. The van der Waals surface area contributed by atoms with Crippen LogP contribution in [-0.4, -0.2) is 44.2 Å². The van der Waals surface area contributed by atoms with Crippen molar-refractivity contribution < 1.29 is 4.79 Å². The lowest BCUT2D eigenvalue weighted by atomic mass is 9.83. The summed E-state index contributed by atoms with van der Waals surface area (Å²) in [6.07, 6.45) is 5.09. The quantitative estimate of drug-likeness (QED) is 0.641. The minimum absolute atomic E-state index is 0.159. The predicted molar refractivity (Wildman–Crippen MR) is 92.4 cm³/mol. The van der Waals surface area contributed by atoms with Gasteiger partial charge >= 0.3 is 0 Å². The molecule has 0 N–H and O–H groups in total. The van der Waals surface area contributed by atoms with Gasteiger partial charge < -0.3 is 4.90 Å². The maximum atomic E-state index is 12.4. The van der Waals surface area contributed by atoms with E-state index >= 15 is 0 Å². The molecule has 0 aliphatic carbocycles. The summed E-state index contributed by atoms with van der Waals surface area (Å²) in [4.78, 5) is 14.3. The van der Waals surface area contributed by atoms with E-state index in [4.69, 9.17) is 0 Å². The van der Waals surface area contributed by atoms with Crippen LogP contribution in [0.3, 0.4) is 0 Å². The highest BCUT2D eigenvalue weighted by atomic mass is 32.2. The Morgan fingerprint density at radius 3 is 2.83 bits per heavy atom. The maximum absolute atomic E-state index is 12.4. The monoisotopic (exact) mass is 330 g/mol. The number of hydrogen-bond donors (Lipinski definition) is 0. The number of carbonyl (C=O) groups excluding carboxylic acids is 1. The van der Waals surface area contributed by atoms with Gasteiger partial charge in [0.05, 0.1) is 5.75 Å². The lowest BCUT2D eigenvalue weighted by molar-refractivity contribution is -0.128. The van der Waals surface area contributed by atoms with E-state index in [0.29, 0.717) is 12.3 Å². The molecule has 3 heterocycles. The number of nitrogens with zero attached hydrogens (tertiary/aromatic N) is 4. The van der Waals surface area contributed by atoms with E-state index in [0.717, 1.165) is 23.8 Å². The summed E-state index contributed by atoms with van der Waals surface area (Å²) in [5.74, 6) is 0.556. The van der Waals surface area contributed by atoms with Gasteiger partial charge in [0.25, 0.3) is 0 Å². The summed E-state index contributed by atoms with van der Waals surface area (Å²) in [6, 6.07) is 5.77. The molecule has 0 aromatic carbocycles. The molecular formula is C17H22N4OS. The minimum atomic E-state index is 0.159. The van der Waals surface area contributed by atoms with Crippen LogP contribution in [0.25, 0.3) is 5.65 Å². The first kappa shape index (κ1) is 16.1. The zero-order chi connectivity index (χ0) is 16.4. The van der Waals surface area contributed by atoms with Crippen LogP contribution in [-0.2, 0) is 4.79 Å². The summed E-state index contributed by atoms with van der Waals surface area (Å²) in [5, 5.41) is 9.01. The highest BCUT2D eigenvalue weighted by molar-refractivity contribution is 7.99. The molecule has 0 bridgehead atoms. The Kier molecular flexibility index (Phi) is 4.43. The van der Waals surface area contributed by atoms with Gasteiger partial charge in [-0.25, -0.2) is 0 Å². The first-order valence-electron chi connectivity index (χ1n) is 7.85. The average Bonchev–Trinajstić information content (AvgIpc) is 2.95. The lowest BCUT2D eigenvalue weighted by Crippen LogP contribution is -2.37. The fourth-order valence-electron chi connectivity index (χ4n) is 2.71. The van der Waals surface area contributed by atoms with E-state index < -0.39 is 0 Å². The van der Waals surface area contributed by atoms with Crippen LogP contribution in [0.15, 0.2) is 41.2 Å². The van der Waals surface area contributed by atoms with Crippen molar-refractivity contribution in [2.45, 2.75) is 32.3 Å². The van der Waals surface area contributed by atoms with Crippen LogP contribution >= 0.6 is 11.8 Å². The first-order chi connectivity index (χ1) is 10.9. The molecule has 1 aliphatic heterocycles. The number of amides is 1. The molecule has 2 aromatic heterocycles. The van der Waals surface area contributed by atoms with Gasteiger partial charge in [0.1, 0.15) is 0 Å². The molecule has 23 heavy (non-hydrogen) atoms. The molecule has 0 saturated heterocycles. The van der Waals surface area contributed by atoms with Gasteiger partial charge in [-0.05, 0) is 24.0 Å². The molecule has 0 unspecified atom stereocenters. The average molecular weight is 330 g/mol. The Morgan fingerprint density at radius 2 is 2.13 bits per heavy atom. The second-order valence-electron chi connectivity index (χ2n) is 6.77. The molecule has 0 saturated carbocycles. The zero-order valence-corrected chi connectivity index (χ0v) is 14.6. The largest absolute Gasteiger partial charge is 0.338 e. The Labute approximate surface area is 140 Å². The SMILES string of the molecule is CC(C)(C)C1=CCN(C(=O)CSc2nnc3ccccn23)CC1. The fourth-order valence-corrected chi connectivity index (χ4v) is 3.54. The van der Waals surface area contributed by atoms with Crippen molar-refractivity contribution in [3.05, 3.63) is 36.0 Å². The number of rotatable bonds is 3. The van der Waals surface area contributed by atoms with Crippen LogP contribution in [0.5, 0.6) is 0 Å². The van der Waals surface area contributed by atoms with E-state index in [1.165, 1.54) is 17.3 Å². The normalized spacial score (nSPS) is 15.8. The van der Waals surface area contributed by atoms with Crippen molar-refractivity contribution in [3.63, 3.8) is 0 Å². The smallest absolute Gasteiger partial charge is 0.233 e. The van der Waals surface area contributed by atoms with Gasteiger partial charge in [-0.1, -0.05) is 50.2 Å². The number of thioether (sulfide) groups is 1. The molecule has 6 heteroatoms. The van der Waals surface area contributed by atoms with Crippen molar-refractivity contribution in [1.29, 1.82) is 0 Å². The Morgan fingerprint density at radius 1 is 1.30 bits per heavy atom. The highest BCUT2D eigenvalue weighted by Crippen LogP contribution is 2.30. The maximum Gasteiger partial charge on any atom is 0.233 e. The number of hydrogen-bond acceptors (Lipinski definition) is 4.